The predicted molar refractivity (Wildman–Crippen MR) is 99.0 cm³/mol. The average molecular weight is 375 g/mol. The van der Waals surface area contributed by atoms with Gasteiger partial charge in [-0.1, -0.05) is 19.3 Å². The first kappa shape index (κ1) is 17.6. The Labute approximate surface area is 157 Å². The molecule has 0 aromatic carbocycles. The zero-order valence-electron chi connectivity index (χ0n) is 15.1. The highest BCUT2D eigenvalue weighted by Crippen LogP contribution is 2.31. The van der Waals surface area contributed by atoms with Crippen LogP contribution in [0.25, 0.3) is 0 Å². The summed E-state index contributed by atoms with van der Waals surface area (Å²) in [6, 6.07) is 0. The van der Waals surface area contributed by atoms with Crippen molar-refractivity contribution in [2.24, 2.45) is 0 Å². The Bertz CT molecular complexity index is 725. The van der Waals surface area contributed by atoms with Gasteiger partial charge in [-0.05, 0) is 38.5 Å². The summed E-state index contributed by atoms with van der Waals surface area (Å²) in [7, 11) is 0. The third-order valence-electron chi connectivity index (χ3n) is 5.33. The molecule has 1 fully saturated rings. The number of thiazole rings is 1. The van der Waals surface area contributed by atoms with Crippen molar-refractivity contribution < 1.29 is 9.21 Å². The largest absolute Gasteiger partial charge is 0.425 e. The Morgan fingerprint density at radius 2 is 1.96 bits per heavy atom. The van der Waals surface area contributed by atoms with E-state index in [1.807, 2.05) is 0 Å². The van der Waals surface area contributed by atoms with Crippen molar-refractivity contribution in [3.8, 4) is 0 Å². The van der Waals surface area contributed by atoms with E-state index in [1.165, 1.54) is 42.7 Å². The summed E-state index contributed by atoms with van der Waals surface area (Å²) < 4.78 is 5.78. The molecule has 7 heteroatoms. The molecule has 0 bridgehead atoms. The summed E-state index contributed by atoms with van der Waals surface area (Å²) in [6.07, 6.45) is 11.7. The Morgan fingerprint density at radius 1 is 1.12 bits per heavy atom. The second kappa shape index (κ2) is 8.29. The zero-order chi connectivity index (χ0) is 17.8. The number of amides is 1. The van der Waals surface area contributed by atoms with Crippen molar-refractivity contribution in [2.75, 3.05) is 0 Å². The quantitative estimate of drug-likeness (QED) is 0.834. The van der Waals surface area contributed by atoms with E-state index in [0.717, 1.165) is 36.6 Å². The SMILES string of the molecule is O=C(CCc1nnc(C2CCCCC2)o1)NCc1nc2c(s1)CCCC2. The van der Waals surface area contributed by atoms with Crippen LogP contribution < -0.4 is 5.32 Å². The van der Waals surface area contributed by atoms with E-state index in [9.17, 15) is 4.79 Å². The molecule has 2 aromatic heterocycles. The van der Waals surface area contributed by atoms with Gasteiger partial charge in [-0.15, -0.1) is 21.5 Å². The van der Waals surface area contributed by atoms with Gasteiger partial charge in [-0.2, -0.15) is 0 Å². The predicted octanol–water partition coefficient (Wildman–Crippen LogP) is 3.70. The molecule has 26 heavy (non-hydrogen) atoms. The minimum Gasteiger partial charge on any atom is -0.425 e. The topological polar surface area (TPSA) is 80.9 Å². The van der Waals surface area contributed by atoms with E-state index >= 15 is 0 Å². The highest BCUT2D eigenvalue weighted by atomic mass is 32.1. The maximum Gasteiger partial charge on any atom is 0.220 e. The summed E-state index contributed by atoms with van der Waals surface area (Å²) in [5.41, 5.74) is 1.24. The second-order valence-electron chi connectivity index (χ2n) is 7.33. The van der Waals surface area contributed by atoms with Crippen molar-refractivity contribution in [3.63, 3.8) is 0 Å². The van der Waals surface area contributed by atoms with Gasteiger partial charge in [0, 0.05) is 23.6 Å². The van der Waals surface area contributed by atoms with Crippen LogP contribution in [0.15, 0.2) is 4.42 Å². The van der Waals surface area contributed by atoms with Crippen LogP contribution in [0.4, 0.5) is 0 Å². The normalized spacial score (nSPS) is 17.8. The third kappa shape index (κ3) is 4.31. The summed E-state index contributed by atoms with van der Waals surface area (Å²) >= 11 is 1.74. The van der Waals surface area contributed by atoms with Crippen molar-refractivity contribution in [1.82, 2.24) is 20.5 Å². The van der Waals surface area contributed by atoms with Gasteiger partial charge in [-0.3, -0.25) is 4.79 Å². The Morgan fingerprint density at radius 3 is 2.81 bits per heavy atom. The molecule has 2 heterocycles. The van der Waals surface area contributed by atoms with E-state index in [-0.39, 0.29) is 5.91 Å². The van der Waals surface area contributed by atoms with Crippen LogP contribution in [-0.2, 0) is 30.6 Å². The molecule has 1 amide bonds. The van der Waals surface area contributed by atoms with Crippen molar-refractivity contribution in [1.29, 1.82) is 0 Å². The van der Waals surface area contributed by atoms with Gasteiger partial charge in [0.15, 0.2) is 0 Å². The van der Waals surface area contributed by atoms with Gasteiger partial charge in [0.25, 0.3) is 0 Å². The fourth-order valence-corrected chi connectivity index (χ4v) is 4.94. The first-order chi connectivity index (χ1) is 12.8. The van der Waals surface area contributed by atoms with Gasteiger partial charge in [0.1, 0.15) is 5.01 Å². The van der Waals surface area contributed by atoms with E-state index < -0.39 is 0 Å². The van der Waals surface area contributed by atoms with Crippen LogP contribution in [0.2, 0.25) is 0 Å². The van der Waals surface area contributed by atoms with Gasteiger partial charge >= 0.3 is 0 Å². The minimum absolute atomic E-state index is 0.00980. The van der Waals surface area contributed by atoms with Crippen LogP contribution in [0.5, 0.6) is 0 Å². The van der Waals surface area contributed by atoms with Crippen molar-refractivity contribution >= 4 is 17.2 Å². The molecule has 0 radical (unpaired) electrons. The van der Waals surface area contributed by atoms with Crippen molar-refractivity contribution in [2.45, 2.75) is 83.1 Å². The lowest BCUT2D eigenvalue weighted by Crippen LogP contribution is -2.23. The Balaban J connectivity index is 1.22. The lowest BCUT2D eigenvalue weighted by molar-refractivity contribution is -0.121. The smallest absolute Gasteiger partial charge is 0.220 e. The molecule has 0 atom stereocenters. The number of carbonyl (C=O) groups is 1. The molecular formula is C19H26N4O2S. The van der Waals surface area contributed by atoms with Gasteiger partial charge in [0.2, 0.25) is 17.7 Å². The number of hydrogen-bond acceptors (Lipinski definition) is 6. The number of aromatic nitrogens is 3. The molecule has 2 aromatic rings. The molecule has 4 rings (SSSR count). The number of nitrogens with zero attached hydrogens (tertiary/aromatic N) is 3. The molecule has 0 unspecified atom stereocenters. The highest BCUT2D eigenvalue weighted by Gasteiger charge is 2.21. The summed E-state index contributed by atoms with van der Waals surface area (Å²) in [5, 5.41) is 12.3. The molecule has 1 N–H and O–H groups in total. The maximum atomic E-state index is 12.1. The van der Waals surface area contributed by atoms with Crippen LogP contribution in [-0.4, -0.2) is 21.1 Å². The fraction of sp³-hybridized carbons (Fsp3) is 0.684. The number of carbonyl (C=O) groups excluding carboxylic acids is 1. The second-order valence-corrected chi connectivity index (χ2v) is 8.50. The molecule has 2 aliphatic carbocycles. The molecular weight excluding hydrogens is 348 g/mol. The number of hydrogen-bond donors (Lipinski definition) is 1. The zero-order valence-corrected chi connectivity index (χ0v) is 15.9. The summed E-state index contributed by atoms with van der Waals surface area (Å²) in [5.74, 6) is 1.75. The summed E-state index contributed by atoms with van der Waals surface area (Å²) in [4.78, 5) is 18.2. The molecule has 2 aliphatic rings. The number of aryl methyl sites for hydroxylation is 3. The standard InChI is InChI=1S/C19H26N4O2S/c24-16(20-12-18-21-14-8-4-5-9-15(14)26-18)10-11-17-22-23-19(25-17)13-6-2-1-3-7-13/h13H,1-12H2,(H,20,24). The highest BCUT2D eigenvalue weighted by molar-refractivity contribution is 7.11. The molecule has 0 saturated heterocycles. The lowest BCUT2D eigenvalue weighted by atomic mass is 9.89. The first-order valence-corrected chi connectivity index (χ1v) is 10.7. The fourth-order valence-electron chi connectivity index (χ4n) is 3.85. The average Bonchev–Trinajstić information content (AvgIpc) is 3.32. The van der Waals surface area contributed by atoms with Gasteiger partial charge < -0.3 is 9.73 Å². The summed E-state index contributed by atoms with van der Waals surface area (Å²) in [6.45, 7) is 0.521. The molecule has 6 nitrogen and oxygen atoms in total. The van der Waals surface area contributed by atoms with E-state index in [2.05, 4.69) is 20.5 Å². The lowest BCUT2D eigenvalue weighted by Gasteiger charge is -2.17. The Hall–Kier alpha value is -1.76. The van der Waals surface area contributed by atoms with Crippen molar-refractivity contribution in [3.05, 3.63) is 27.4 Å². The van der Waals surface area contributed by atoms with E-state index in [0.29, 0.717) is 31.2 Å². The maximum absolute atomic E-state index is 12.1. The molecule has 0 aliphatic heterocycles. The number of nitrogens with one attached hydrogen (secondary N) is 1. The van der Waals surface area contributed by atoms with Crippen LogP contribution >= 0.6 is 11.3 Å². The van der Waals surface area contributed by atoms with Crippen LogP contribution in [0, 0.1) is 0 Å². The van der Waals surface area contributed by atoms with Gasteiger partial charge in [0.05, 0.1) is 12.2 Å². The number of rotatable bonds is 6. The molecule has 140 valence electrons. The molecule has 1 saturated carbocycles. The first-order valence-electron chi connectivity index (χ1n) is 9.84. The molecule has 0 spiro atoms. The Kier molecular flexibility index (Phi) is 5.62. The van der Waals surface area contributed by atoms with Crippen LogP contribution in [0.1, 0.15) is 84.6 Å². The minimum atomic E-state index is 0.00980. The van der Waals surface area contributed by atoms with Crippen LogP contribution in [0.3, 0.4) is 0 Å². The van der Waals surface area contributed by atoms with E-state index in [1.54, 1.807) is 11.3 Å². The third-order valence-corrected chi connectivity index (χ3v) is 6.49. The van der Waals surface area contributed by atoms with E-state index in [4.69, 9.17) is 4.42 Å². The van der Waals surface area contributed by atoms with Gasteiger partial charge in [-0.25, -0.2) is 4.98 Å². The number of fused-ring (bicyclic) bond motifs is 1. The monoisotopic (exact) mass is 374 g/mol.